The van der Waals surface area contributed by atoms with Gasteiger partial charge in [-0.05, 0) is 48.8 Å². The van der Waals surface area contributed by atoms with Gasteiger partial charge in [-0.2, -0.15) is 0 Å². The molecule has 1 aromatic carbocycles. The molecule has 0 saturated heterocycles. The second-order valence-corrected chi connectivity index (χ2v) is 6.62. The lowest BCUT2D eigenvalue weighted by molar-refractivity contribution is 0.375. The average molecular weight is 259 g/mol. The number of rotatable bonds is 5. The lowest BCUT2D eigenvalue weighted by atomic mass is 9.96. The maximum Gasteiger partial charge on any atom is 0.0291 e. The molecule has 1 fully saturated rings. The molecule has 1 N–H and O–H groups in total. The van der Waals surface area contributed by atoms with Crippen LogP contribution in [0.3, 0.4) is 0 Å². The smallest absolute Gasteiger partial charge is 0.0291 e. The quantitative estimate of drug-likeness (QED) is 0.793. The van der Waals surface area contributed by atoms with E-state index in [1.54, 1.807) is 0 Å². The molecular formula is C18H29N. The van der Waals surface area contributed by atoms with Crippen LogP contribution in [0, 0.1) is 11.8 Å². The Balaban J connectivity index is 1.87. The molecule has 0 aromatic heterocycles. The molecule has 1 aliphatic carbocycles. The second kappa shape index (κ2) is 6.56. The van der Waals surface area contributed by atoms with Crippen LogP contribution in [-0.4, -0.2) is 6.54 Å². The van der Waals surface area contributed by atoms with E-state index in [1.807, 2.05) is 0 Å². The first-order valence-electron chi connectivity index (χ1n) is 7.91. The van der Waals surface area contributed by atoms with Crippen molar-refractivity contribution >= 4 is 0 Å². The molecule has 0 bridgehead atoms. The maximum absolute atomic E-state index is 3.72. The fourth-order valence-electron chi connectivity index (χ4n) is 3.14. The van der Waals surface area contributed by atoms with Gasteiger partial charge in [-0.1, -0.05) is 57.9 Å². The monoisotopic (exact) mass is 259 g/mol. The van der Waals surface area contributed by atoms with Gasteiger partial charge in [0, 0.05) is 6.04 Å². The largest absolute Gasteiger partial charge is 0.310 e. The minimum Gasteiger partial charge on any atom is -0.310 e. The molecule has 1 aliphatic rings. The van der Waals surface area contributed by atoms with Crippen LogP contribution in [0.1, 0.15) is 70.0 Å². The highest BCUT2D eigenvalue weighted by molar-refractivity contribution is 5.26. The van der Waals surface area contributed by atoms with Crippen molar-refractivity contribution in [3.63, 3.8) is 0 Å². The summed E-state index contributed by atoms with van der Waals surface area (Å²) in [7, 11) is 0. The SMILES string of the molecule is CC(C)c1ccc(C(C)NCC2CCCC2C)cc1. The number of hydrogen-bond donors (Lipinski definition) is 1. The Bertz CT molecular complexity index is 379. The molecular weight excluding hydrogens is 230 g/mol. The van der Waals surface area contributed by atoms with Crippen molar-refractivity contribution in [3.8, 4) is 0 Å². The molecule has 0 amide bonds. The molecule has 2 rings (SSSR count). The first kappa shape index (κ1) is 14.6. The van der Waals surface area contributed by atoms with Crippen molar-refractivity contribution in [3.05, 3.63) is 35.4 Å². The zero-order valence-electron chi connectivity index (χ0n) is 12.9. The van der Waals surface area contributed by atoms with Gasteiger partial charge >= 0.3 is 0 Å². The lowest BCUT2D eigenvalue weighted by Gasteiger charge is -2.20. The van der Waals surface area contributed by atoms with E-state index >= 15 is 0 Å². The van der Waals surface area contributed by atoms with Gasteiger partial charge < -0.3 is 5.32 Å². The third-order valence-corrected chi connectivity index (χ3v) is 4.83. The summed E-state index contributed by atoms with van der Waals surface area (Å²) in [5, 5.41) is 3.72. The highest BCUT2D eigenvalue weighted by Crippen LogP contribution is 2.31. The molecule has 3 unspecified atom stereocenters. The van der Waals surface area contributed by atoms with E-state index in [2.05, 4.69) is 57.3 Å². The van der Waals surface area contributed by atoms with Gasteiger partial charge in [0.1, 0.15) is 0 Å². The fourth-order valence-corrected chi connectivity index (χ4v) is 3.14. The van der Waals surface area contributed by atoms with Crippen molar-refractivity contribution < 1.29 is 0 Å². The summed E-state index contributed by atoms with van der Waals surface area (Å²) in [6, 6.07) is 9.58. The second-order valence-electron chi connectivity index (χ2n) is 6.62. The third kappa shape index (κ3) is 3.82. The summed E-state index contributed by atoms with van der Waals surface area (Å²) in [4.78, 5) is 0. The molecule has 1 saturated carbocycles. The van der Waals surface area contributed by atoms with Gasteiger partial charge in [0.15, 0.2) is 0 Å². The van der Waals surface area contributed by atoms with Crippen molar-refractivity contribution in [2.24, 2.45) is 11.8 Å². The van der Waals surface area contributed by atoms with E-state index in [9.17, 15) is 0 Å². The predicted octanol–water partition coefficient (Wildman–Crippen LogP) is 4.90. The molecule has 1 aromatic rings. The number of nitrogens with one attached hydrogen (secondary N) is 1. The van der Waals surface area contributed by atoms with E-state index in [1.165, 1.54) is 36.9 Å². The molecule has 0 spiro atoms. The maximum atomic E-state index is 3.72. The Morgan fingerprint density at radius 2 is 1.68 bits per heavy atom. The Hall–Kier alpha value is -0.820. The third-order valence-electron chi connectivity index (χ3n) is 4.83. The summed E-state index contributed by atoms with van der Waals surface area (Å²) in [5.41, 5.74) is 2.84. The van der Waals surface area contributed by atoms with Crippen molar-refractivity contribution in [2.75, 3.05) is 6.54 Å². The summed E-state index contributed by atoms with van der Waals surface area (Å²) in [6.07, 6.45) is 4.25. The van der Waals surface area contributed by atoms with E-state index < -0.39 is 0 Å². The van der Waals surface area contributed by atoms with Crippen LogP contribution >= 0.6 is 0 Å². The van der Waals surface area contributed by atoms with Crippen LogP contribution in [-0.2, 0) is 0 Å². The van der Waals surface area contributed by atoms with Gasteiger partial charge in [0.2, 0.25) is 0 Å². The van der Waals surface area contributed by atoms with Gasteiger partial charge in [-0.15, -0.1) is 0 Å². The van der Waals surface area contributed by atoms with Crippen LogP contribution in [0.4, 0.5) is 0 Å². The molecule has 106 valence electrons. The zero-order chi connectivity index (χ0) is 13.8. The highest BCUT2D eigenvalue weighted by atomic mass is 14.9. The number of benzene rings is 1. The van der Waals surface area contributed by atoms with Crippen LogP contribution in [0.15, 0.2) is 24.3 Å². The van der Waals surface area contributed by atoms with E-state index in [-0.39, 0.29) is 0 Å². The Morgan fingerprint density at radius 3 is 2.21 bits per heavy atom. The van der Waals surface area contributed by atoms with Crippen LogP contribution in [0.5, 0.6) is 0 Å². The summed E-state index contributed by atoms with van der Waals surface area (Å²) in [5.74, 6) is 2.41. The van der Waals surface area contributed by atoms with Crippen molar-refractivity contribution in [2.45, 2.75) is 58.9 Å². The van der Waals surface area contributed by atoms with E-state index in [0.717, 1.165) is 11.8 Å². The van der Waals surface area contributed by atoms with Gasteiger partial charge in [0.25, 0.3) is 0 Å². The van der Waals surface area contributed by atoms with Crippen LogP contribution < -0.4 is 5.32 Å². The summed E-state index contributed by atoms with van der Waals surface area (Å²) in [6.45, 7) is 10.4. The molecule has 3 atom stereocenters. The standard InChI is InChI=1S/C18H29N/c1-13(2)16-8-10-17(11-9-16)15(4)19-12-18-7-5-6-14(18)3/h8-11,13-15,18-19H,5-7,12H2,1-4H3. The Kier molecular flexibility index (Phi) is 5.04. The first-order chi connectivity index (χ1) is 9.08. The van der Waals surface area contributed by atoms with Crippen LogP contribution in [0.25, 0.3) is 0 Å². The molecule has 1 nitrogen and oxygen atoms in total. The average Bonchev–Trinajstić information content (AvgIpc) is 2.81. The number of hydrogen-bond acceptors (Lipinski definition) is 1. The fraction of sp³-hybridized carbons (Fsp3) is 0.667. The van der Waals surface area contributed by atoms with Gasteiger partial charge in [-0.3, -0.25) is 0 Å². The molecule has 0 heterocycles. The van der Waals surface area contributed by atoms with Gasteiger partial charge in [0.05, 0.1) is 0 Å². The first-order valence-corrected chi connectivity index (χ1v) is 7.91. The minimum atomic E-state index is 0.467. The van der Waals surface area contributed by atoms with E-state index in [4.69, 9.17) is 0 Å². The molecule has 0 aliphatic heterocycles. The van der Waals surface area contributed by atoms with E-state index in [0.29, 0.717) is 12.0 Å². The highest BCUT2D eigenvalue weighted by Gasteiger charge is 2.23. The Morgan fingerprint density at radius 1 is 1.05 bits per heavy atom. The Labute approximate surface area is 118 Å². The minimum absolute atomic E-state index is 0.467. The van der Waals surface area contributed by atoms with Crippen molar-refractivity contribution in [1.82, 2.24) is 5.32 Å². The normalized spacial score (nSPS) is 24.9. The summed E-state index contributed by atoms with van der Waals surface area (Å²) < 4.78 is 0. The van der Waals surface area contributed by atoms with Crippen molar-refractivity contribution in [1.29, 1.82) is 0 Å². The predicted molar refractivity (Wildman–Crippen MR) is 83.5 cm³/mol. The van der Waals surface area contributed by atoms with Gasteiger partial charge in [-0.25, -0.2) is 0 Å². The molecule has 1 heteroatoms. The zero-order valence-corrected chi connectivity index (χ0v) is 12.9. The summed E-state index contributed by atoms with van der Waals surface area (Å²) >= 11 is 0. The van der Waals surface area contributed by atoms with Crippen LogP contribution in [0.2, 0.25) is 0 Å². The molecule has 0 radical (unpaired) electrons. The topological polar surface area (TPSA) is 12.0 Å². The lowest BCUT2D eigenvalue weighted by Crippen LogP contribution is -2.27. The molecule has 19 heavy (non-hydrogen) atoms.